The molecule has 3 fully saturated rings. The Bertz CT molecular complexity index is 821. The summed E-state index contributed by atoms with van der Waals surface area (Å²) < 4.78 is 6.40. The fourth-order valence-electron chi connectivity index (χ4n) is 5.38. The van der Waals surface area contributed by atoms with Gasteiger partial charge in [-0.05, 0) is 42.7 Å². The van der Waals surface area contributed by atoms with Gasteiger partial charge in [-0.3, -0.25) is 4.98 Å². The number of piperidine rings is 3. The van der Waals surface area contributed by atoms with Gasteiger partial charge in [-0.25, -0.2) is 0 Å². The molecule has 3 aliphatic rings. The highest BCUT2D eigenvalue weighted by atomic mass is 16.5. The highest BCUT2D eigenvalue weighted by molar-refractivity contribution is 5.83. The summed E-state index contributed by atoms with van der Waals surface area (Å²) in [6.07, 6.45) is 5.79. The molecule has 4 nitrogen and oxygen atoms in total. The number of aliphatic hydroxyl groups is 1. The number of aliphatic hydroxyl groups excluding tert-OH is 1. The van der Waals surface area contributed by atoms with E-state index in [1.54, 1.807) is 7.11 Å². The Morgan fingerprint density at radius 2 is 2.27 bits per heavy atom. The highest BCUT2D eigenvalue weighted by Crippen LogP contribution is 2.46. The number of nitrogens with zero attached hydrogens (tertiary/aromatic N) is 2. The Kier molecular flexibility index (Phi) is 4.49. The molecular weight excluding hydrogens is 324 g/mol. The number of ether oxygens (including phenoxy) is 1. The third-order valence-corrected chi connectivity index (χ3v) is 6.97. The van der Waals surface area contributed by atoms with Gasteiger partial charge in [0.1, 0.15) is 17.9 Å². The minimum Gasteiger partial charge on any atom is -0.497 e. The van der Waals surface area contributed by atoms with Crippen molar-refractivity contribution < 1.29 is 14.3 Å². The molecule has 0 spiro atoms. The summed E-state index contributed by atoms with van der Waals surface area (Å²) >= 11 is 0. The maximum Gasteiger partial charge on any atom is 0.131 e. The number of benzene rings is 1. The molecule has 4 heterocycles. The number of aromatic nitrogens is 1. The van der Waals surface area contributed by atoms with Crippen LogP contribution in [0.1, 0.15) is 31.4 Å². The van der Waals surface area contributed by atoms with E-state index in [4.69, 9.17) is 4.74 Å². The van der Waals surface area contributed by atoms with E-state index in [-0.39, 0.29) is 6.04 Å². The summed E-state index contributed by atoms with van der Waals surface area (Å²) in [7, 11) is 1.67. The molecule has 2 aromatic rings. The first-order chi connectivity index (χ1) is 12.6. The molecule has 0 amide bonds. The maximum absolute atomic E-state index is 11.5. The molecule has 0 radical (unpaired) electrons. The van der Waals surface area contributed by atoms with Crippen LogP contribution in [0.4, 0.5) is 0 Å². The zero-order valence-electron chi connectivity index (χ0n) is 15.8. The topological polar surface area (TPSA) is 42.4 Å². The van der Waals surface area contributed by atoms with Crippen molar-refractivity contribution in [2.45, 2.75) is 31.9 Å². The van der Waals surface area contributed by atoms with E-state index in [1.807, 2.05) is 30.5 Å². The normalized spacial score (nSPS) is 31.7. The SMILES string of the molecule is C=C[C@H]1C[N@+]2(CC)CC[C@H]1C[C@@H]2[C@@H](O)c1ccnc2ccc(OC)cc12. The average molecular weight is 353 g/mol. The Balaban J connectivity index is 1.75. The van der Waals surface area contributed by atoms with Gasteiger partial charge in [-0.1, -0.05) is 6.08 Å². The minimum absolute atomic E-state index is 0.242. The molecule has 5 atom stereocenters. The molecule has 1 aromatic carbocycles. The van der Waals surface area contributed by atoms with Crippen molar-refractivity contribution in [3.63, 3.8) is 0 Å². The van der Waals surface area contributed by atoms with Crippen LogP contribution in [-0.4, -0.2) is 47.4 Å². The minimum atomic E-state index is -0.485. The molecule has 138 valence electrons. The summed E-state index contributed by atoms with van der Waals surface area (Å²) in [6.45, 7) is 9.66. The van der Waals surface area contributed by atoms with Crippen LogP contribution in [0, 0.1) is 11.8 Å². The van der Waals surface area contributed by atoms with Gasteiger partial charge in [0.25, 0.3) is 0 Å². The van der Waals surface area contributed by atoms with E-state index < -0.39 is 6.10 Å². The Hall–Kier alpha value is -1.91. The van der Waals surface area contributed by atoms with Crippen LogP contribution in [0.5, 0.6) is 5.75 Å². The predicted octanol–water partition coefficient (Wildman–Crippen LogP) is 3.71. The number of likely N-dealkylation sites (N-methyl/N-ethyl adjacent to an activating group) is 1. The summed E-state index contributed by atoms with van der Waals surface area (Å²) in [6, 6.07) is 8.11. The van der Waals surface area contributed by atoms with Crippen molar-refractivity contribution in [3.05, 3.63) is 48.7 Å². The monoisotopic (exact) mass is 353 g/mol. The number of fused-ring (bicyclic) bond motifs is 4. The van der Waals surface area contributed by atoms with E-state index >= 15 is 0 Å². The van der Waals surface area contributed by atoms with Crippen LogP contribution in [0.2, 0.25) is 0 Å². The van der Waals surface area contributed by atoms with E-state index in [9.17, 15) is 5.11 Å². The van der Waals surface area contributed by atoms with Crippen molar-refractivity contribution in [1.82, 2.24) is 4.98 Å². The fraction of sp³-hybridized carbons (Fsp3) is 0.500. The van der Waals surface area contributed by atoms with Gasteiger partial charge < -0.3 is 14.3 Å². The first-order valence-electron chi connectivity index (χ1n) is 9.71. The number of hydrogen-bond acceptors (Lipinski definition) is 3. The largest absolute Gasteiger partial charge is 0.497 e. The van der Waals surface area contributed by atoms with Gasteiger partial charge in [-0.15, -0.1) is 6.58 Å². The molecule has 5 rings (SSSR count). The van der Waals surface area contributed by atoms with E-state index in [0.29, 0.717) is 11.8 Å². The van der Waals surface area contributed by atoms with Gasteiger partial charge in [-0.2, -0.15) is 0 Å². The average Bonchev–Trinajstić information content (AvgIpc) is 2.72. The number of quaternary nitrogens is 1. The van der Waals surface area contributed by atoms with Gasteiger partial charge in [0.2, 0.25) is 0 Å². The van der Waals surface area contributed by atoms with Gasteiger partial charge in [0.05, 0.1) is 32.3 Å². The molecule has 0 saturated carbocycles. The maximum atomic E-state index is 11.5. The molecule has 0 aliphatic carbocycles. The second-order valence-corrected chi connectivity index (χ2v) is 7.92. The highest BCUT2D eigenvalue weighted by Gasteiger charge is 2.53. The molecule has 26 heavy (non-hydrogen) atoms. The van der Waals surface area contributed by atoms with Crippen LogP contribution in [0.15, 0.2) is 43.1 Å². The van der Waals surface area contributed by atoms with Gasteiger partial charge >= 0.3 is 0 Å². The number of hydrogen-bond donors (Lipinski definition) is 1. The van der Waals surface area contributed by atoms with Gasteiger partial charge in [0, 0.05) is 30.3 Å². The number of methoxy groups -OCH3 is 1. The standard InChI is InChI=1S/C22H29N2O2/c1-4-15-14-24(5-2)11-9-16(15)12-21(24)22(25)18-8-10-23-20-7-6-17(26-3)13-19(18)20/h4,6-8,10,13,15-16,21-22,25H,1,5,9,11-12,14H2,2-3H3/q+1/t15-,16-,21+,22-,24-/m0/s1. The molecule has 0 unspecified atom stereocenters. The predicted molar refractivity (Wildman–Crippen MR) is 104 cm³/mol. The second-order valence-electron chi connectivity index (χ2n) is 7.92. The van der Waals surface area contributed by atoms with Crippen molar-refractivity contribution in [3.8, 4) is 5.75 Å². The van der Waals surface area contributed by atoms with Crippen LogP contribution in [-0.2, 0) is 0 Å². The summed E-state index contributed by atoms with van der Waals surface area (Å²) in [5.41, 5.74) is 1.89. The third kappa shape index (κ3) is 2.63. The molecule has 4 heteroatoms. The number of pyridine rings is 1. The number of rotatable bonds is 5. The molecule has 1 N–H and O–H groups in total. The zero-order valence-corrected chi connectivity index (χ0v) is 15.8. The summed E-state index contributed by atoms with van der Waals surface area (Å²) in [5, 5.41) is 12.5. The summed E-state index contributed by atoms with van der Waals surface area (Å²) in [4.78, 5) is 4.47. The van der Waals surface area contributed by atoms with Crippen LogP contribution >= 0.6 is 0 Å². The first-order valence-corrected chi connectivity index (χ1v) is 9.71. The van der Waals surface area contributed by atoms with E-state index in [0.717, 1.165) is 46.2 Å². The van der Waals surface area contributed by atoms with Crippen molar-refractivity contribution in [2.24, 2.45) is 11.8 Å². The molecular formula is C22H29N2O2+. The lowest BCUT2D eigenvalue weighted by atomic mass is 9.71. The first kappa shape index (κ1) is 17.5. The molecule has 1 aromatic heterocycles. The quantitative estimate of drug-likeness (QED) is 0.658. The van der Waals surface area contributed by atoms with Crippen molar-refractivity contribution in [1.29, 1.82) is 0 Å². The van der Waals surface area contributed by atoms with Crippen LogP contribution < -0.4 is 4.74 Å². The van der Waals surface area contributed by atoms with Crippen LogP contribution in [0.3, 0.4) is 0 Å². The molecule has 3 aliphatic heterocycles. The fourth-order valence-corrected chi connectivity index (χ4v) is 5.38. The van der Waals surface area contributed by atoms with Crippen molar-refractivity contribution >= 4 is 10.9 Å². The zero-order chi connectivity index (χ0) is 18.3. The Morgan fingerprint density at radius 1 is 1.42 bits per heavy atom. The Labute approximate surface area is 155 Å². The second kappa shape index (κ2) is 6.67. The summed E-state index contributed by atoms with van der Waals surface area (Å²) in [5.74, 6) is 2.04. The van der Waals surface area contributed by atoms with Crippen LogP contribution in [0.25, 0.3) is 10.9 Å². The lowest BCUT2D eigenvalue weighted by Gasteiger charge is -2.57. The third-order valence-electron chi connectivity index (χ3n) is 6.97. The van der Waals surface area contributed by atoms with Crippen molar-refractivity contribution in [2.75, 3.05) is 26.7 Å². The smallest absolute Gasteiger partial charge is 0.131 e. The van der Waals surface area contributed by atoms with E-state index in [1.165, 1.54) is 13.0 Å². The Morgan fingerprint density at radius 3 is 3.00 bits per heavy atom. The lowest BCUT2D eigenvalue weighted by molar-refractivity contribution is -0.971. The lowest BCUT2D eigenvalue weighted by Crippen LogP contribution is -2.68. The molecule has 3 saturated heterocycles. The van der Waals surface area contributed by atoms with Gasteiger partial charge in [0.15, 0.2) is 0 Å². The van der Waals surface area contributed by atoms with E-state index in [2.05, 4.69) is 24.6 Å². The molecule has 2 bridgehead atoms.